The number of aliphatic hydroxyl groups excluding tert-OH is 3. The molecule has 1 amide bonds. The molecule has 60 heavy (non-hydrogen) atoms. The number of aryl methyl sites for hydroxylation is 1. The summed E-state index contributed by atoms with van der Waals surface area (Å²) in [6, 6.07) is 21.7. The molecule has 4 aliphatic rings. The second-order valence-corrected chi connectivity index (χ2v) is 17.2. The Hall–Kier alpha value is -1.88. The summed E-state index contributed by atoms with van der Waals surface area (Å²) in [5, 5.41) is 64.4. The number of nitrogens with one attached hydrogen (secondary N) is 1. The Morgan fingerprint density at radius 2 is 1.42 bits per heavy atom. The summed E-state index contributed by atoms with van der Waals surface area (Å²) in [4.78, 5) is 56.5. The third-order valence-corrected chi connectivity index (χ3v) is 13.6. The standard InChI is InChI=1S/C45H51NO12.2Ac/c1-23-17-19-26(20-18-23)31(46-39(51)27-13-9-7-10-14-27)33(48)41(53)57-29-21-45(55)38(58-40(52)28-15-11-8-12-16-28)34-43(6,35(49)25(3)37-44(34,54)22-56-37)36(50)32(47)30(24(29)2)42(45,4)5;;/h7-20,25,29,31-35,37-38,47-49,54-55H,21-22H2,1-6H3,(H,46,51);;/t25?,29?,31?,32?,33?,34?,35?,37?,38?,43-,44+,45?;;/m0../s1. The molecule has 0 aromatic heterocycles. The van der Waals surface area contributed by atoms with Crippen LogP contribution in [0, 0.1) is 118 Å². The number of Topliss-reactive ketones (excluding diaryl/α,β-unsaturated/α-hetero) is 1. The predicted octanol–water partition coefficient (Wildman–Crippen LogP) is 3.15. The number of amides is 1. The number of fused-ring (bicyclic) bond motifs is 5. The van der Waals surface area contributed by atoms with Crippen LogP contribution in [0.25, 0.3) is 0 Å². The zero-order valence-corrected chi connectivity index (χ0v) is 43.9. The first-order valence-electron chi connectivity index (χ1n) is 19.5. The van der Waals surface area contributed by atoms with Crippen LogP contribution in [0.2, 0.25) is 0 Å². The zero-order valence-electron chi connectivity index (χ0n) is 34.4. The molecule has 2 saturated carbocycles. The first-order chi connectivity index (χ1) is 27.3. The Morgan fingerprint density at radius 1 is 0.850 bits per heavy atom. The van der Waals surface area contributed by atoms with Gasteiger partial charge in [0.25, 0.3) is 5.91 Å². The second kappa shape index (κ2) is 18.3. The van der Waals surface area contributed by atoms with Gasteiger partial charge in [-0.05, 0) is 61.7 Å². The number of ether oxygens (including phenoxy) is 3. The van der Waals surface area contributed by atoms with E-state index in [0.717, 1.165) is 5.56 Å². The SMILES string of the molecule is CC1=C2C(O)C(=O)[C@]3(C)C(O)C(C)C4OC[C@@]4(O)C3C(OC(=O)c3ccccc3)C(O)(CC1OC(=O)C(O)C(NC(=O)c1ccccc1)c1ccc(C)cc1)C2(C)C.[Ac].[Ac]. The summed E-state index contributed by atoms with van der Waals surface area (Å²) in [5.74, 6) is -5.90. The van der Waals surface area contributed by atoms with E-state index in [1.54, 1.807) is 93.6 Å². The molecule has 3 fully saturated rings. The fourth-order valence-corrected chi connectivity index (χ4v) is 10.2. The van der Waals surface area contributed by atoms with E-state index in [1.807, 2.05) is 6.92 Å². The van der Waals surface area contributed by atoms with Crippen LogP contribution in [0.15, 0.2) is 96.1 Å². The van der Waals surface area contributed by atoms with Gasteiger partial charge in [-0.3, -0.25) is 9.59 Å². The topological polar surface area (TPSA) is 209 Å². The molecule has 12 atom stereocenters. The summed E-state index contributed by atoms with van der Waals surface area (Å²) in [6.07, 6.45) is -10.2. The second-order valence-electron chi connectivity index (χ2n) is 17.2. The minimum Gasteiger partial charge on any atom is -0.456 e. The molecule has 2 radical (unpaired) electrons. The number of benzene rings is 3. The molecule has 1 heterocycles. The van der Waals surface area contributed by atoms with Crippen molar-refractivity contribution in [3.05, 3.63) is 118 Å². The number of carbonyl (C=O) groups excluding carboxylic acids is 4. The predicted molar refractivity (Wildman–Crippen MR) is 208 cm³/mol. The van der Waals surface area contributed by atoms with Crippen LogP contribution in [-0.4, -0.2) is 104 Å². The van der Waals surface area contributed by atoms with Crippen molar-refractivity contribution in [3.63, 3.8) is 0 Å². The molecule has 7 rings (SSSR count). The molecule has 314 valence electrons. The molecule has 10 unspecified atom stereocenters. The van der Waals surface area contributed by atoms with Crippen molar-refractivity contribution in [2.45, 2.75) is 102 Å². The third-order valence-electron chi connectivity index (χ3n) is 13.6. The van der Waals surface area contributed by atoms with Gasteiger partial charge in [0.05, 0.1) is 35.8 Å². The third kappa shape index (κ3) is 7.99. The number of ketones is 1. The van der Waals surface area contributed by atoms with Crippen LogP contribution in [0.4, 0.5) is 0 Å². The Morgan fingerprint density at radius 3 is 1.97 bits per heavy atom. The fourth-order valence-electron chi connectivity index (χ4n) is 10.2. The monoisotopic (exact) mass is 1250 g/mol. The maximum Gasteiger partial charge on any atom is 0.338 e. The van der Waals surface area contributed by atoms with E-state index in [0.29, 0.717) is 5.56 Å². The van der Waals surface area contributed by atoms with E-state index in [2.05, 4.69) is 5.32 Å². The van der Waals surface area contributed by atoms with E-state index in [9.17, 15) is 44.7 Å². The number of hydrogen-bond acceptors (Lipinski definition) is 12. The minimum atomic E-state index is -2.32. The molecule has 3 aliphatic carbocycles. The van der Waals surface area contributed by atoms with Gasteiger partial charge in [0.15, 0.2) is 11.9 Å². The van der Waals surface area contributed by atoms with E-state index >= 15 is 0 Å². The summed E-state index contributed by atoms with van der Waals surface area (Å²) in [6.45, 7) is 9.20. The van der Waals surface area contributed by atoms with Gasteiger partial charge in [-0.2, -0.15) is 0 Å². The van der Waals surface area contributed by atoms with Crippen LogP contribution in [0.1, 0.15) is 78.9 Å². The number of hydrogen-bond donors (Lipinski definition) is 6. The average Bonchev–Trinajstić information content (AvgIpc) is 3.20. The van der Waals surface area contributed by atoms with Gasteiger partial charge < -0.3 is 45.1 Å². The van der Waals surface area contributed by atoms with Gasteiger partial charge in [-0.25, -0.2) is 9.59 Å². The van der Waals surface area contributed by atoms with Gasteiger partial charge in [0, 0.05) is 117 Å². The number of aliphatic hydroxyl groups is 5. The Bertz CT molecular complexity index is 2130. The van der Waals surface area contributed by atoms with Gasteiger partial charge in [-0.15, -0.1) is 0 Å². The molecule has 1 saturated heterocycles. The molecule has 0 spiro atoms. The smallest absolute Gasteiger partial charge is 0.338 e. The van der Waals surface area contributed by atoms with Gasteiger partial charge in [0.2, 0.25) is 0 Å². The molecule has 1 aliphatic heterocycles. The number of carbonyl (C=O) groups is 4. The zero-order chi connectivity index (χ0) is 42.1. The molecular weight excluding hydrogens is 1200 g/mol. The Labute approximate surface area is 420 Å². The Kier molecular flexibility index (Phi) is 15.0. The average molecular weight is 1250 g/mol. The maximum absolute atomic E-state index is 14.9. The molecule has 6 N–H and O–H groups in total. The summed E-state index contributed by atoms with van der Waals surface area (Å²) >= 11 is 0. The fraction of sp³-hybridized carbons (Fsp3) is 0.467. The number of esters is 2. The van der Waals surface area contributed by atoms with Gasteiger partial charge >= 0.3 is 11.9 Å². The van der Waals surface area contributed by atoms with E-state index in [1.165, 1.54) is 26.0 Å². The van der Waals surface area contributed by atoms with E-state index < -0.39 is 107 Å². The van der Waals surface area contributed by atoms with Crippen molar-refractivity contribution in [2.24, 2.45) is 22.7 Å². The summed E-state index contributed by atoms with van der Waals surface area (Å²) in [5.41, 5.74) is -6.02. The summed E-state index contributed by atoms with van der Waals surface area (Å²) < 4.78 is 18.1. The van der Waals surface area contributed by atoms with E-state index in [-0.39, 0.29) is 117 Å². The van der Waals surface area contributed by atoms with Crippen LogP contribution in [0.5, 0.6) is 0 Å². The van der Waals surface area contributed by atoms with Crippen LogP contribution < -0.4 is 5.32 Å². The largest absolute Gasteiger partial charge is 0.456 e. The van der Waals surface area contributed by atoms with Crippen molar-refractivity contribution >= 4 is 23.6 Å². The van der Waals surface area contributed by atoms with Crippen LogP contribution in [0.3, 0.4) is 0 Å². The normalized spacial score (nSPS) is 33.6. The van der Waals surface area contributed by atoms with Crippen molar-refractivity contribution in [2.75, 3.05) is 6.61 Å². The minimum absolute atomic E-state index is 0. The first-order valence-corrected chi connectivity index (χ1v) is 19.5. The number of rotatable bonds is 8. The van der Waals surface area contributed by atoms with Crippen molar-refractivity contribution in [1.29, 1.82) is 0 Å². The summed E-state index contributed by atoms with van der Waals surface area (Å²) in [7, 11) is 0. The van der Waals surface area contributed by atoms with Crippen molar-refractivity contribution < 1.29 is 147 Å². The quantitative estimate of drug-likeness (QED) is 0.142. The van der Waals surface area contributed by atoms with Crippen molar-refractivity contribution in [1.82, 2.24) is 5.32 Å². The molecule has 13 nitrogen and oxygen atoms in total. The molecule has 15 heteroatoms. The maximum atomic E-state index is 14.9. The van der Waals surface area contributed by atoms with Crippen molar-refractivity contribution in [3.8, 4) is 0 Å². The molecule has 3 aromatic rings. The van der Waals surface area contributed by atoms with Gasteiger partial charge in [-0.1, -0.05) is 87.0 Å². The molecule has 3 aromatic carbocycles. The Balaban J connectivity index is 0.00000341. The first kappa shape index (κ1) is 49.1. The molecule has 2 bridgehead atoms. The van der Waals surface area contributed by atoms with E-state index in [4.69, 9.17) is 14.2 Å². The molecular formula is C45H51Ac2NO12. The van der Waals surface area contributed by atoms with Crippen LogP contribution >= 0.6 is 0 Å². The van der Waals surface area contributed by atoms with Crippen LogP contribution in [-0.2, 0) is 23.8 Å². The van der Waals surface area contributed by atoms with Gasteiger partial charge in [0.1, 0.15) is 29.5 Å².